The number of benzene rings is 1. The zero-order chi connectivity index (χ0) is 17.6. The number of hydrogen-bond donors (Lipinski definition) is 2. The third-order valence-electron chi connectivity index (χ3n) is 5.63. The van der Waals surface area contributed by atoms with Crippen molar-refractivity contribution in [1.29, 1.82) is 0 Å². The second-order valence-electron chi connectivity index (χ2n) is 7.11. The van der Waals surface area contributed by atoms with Gasteiger partial charge in [-0.15, -0.1) is 0 Å². The van der Waals surface area contributed by atoms with Crippen LogP contribution in [0.3, 0.4) is 0 Å². The van der Waals surface area contributed by atoms with Crippen LogP contribution in [-0.2, 0) is 6.18 Å². The maximum Gasteiger partial charge on any atom is 0.416 e. The largest absolute Gasteiger partial charge is 0.416 e. The van der Waals surface area contributed by atoms with Crippen LogP contribution >= 0.6 is 0 Å². The van der Waals surface area contributed by atoms with Crippen molar-refractivity contribution < 1.29 is 18.3 Å². The molecule has 0 radical (unpaired) electrons. The number of hydrogen-bond acceptors (Lipinski definition) is 3. The van der Waals surface area contributed by atoms with Crippen LogP contribution in [-0.4, -0.2) is 33.1 Å². The molecule has 2 aromatic rings. The number of nitrogens with one attached hydrogen (secondary N) is 1. The monoisotopic (exact) mass is 351 g/mol. The van der Waals surface area contributed by atoms with Gasteiger partial charge in [0, 0.05) is 13.1 Å². The molecule has 134 valence electrons. The van der Waals surface area contributed by atoms with Crippen LogP contribution < -0.4 is 0 Å². The summed E-state index contributed by atoms with van der Waals surface area (Å²) in [5.41, 5.74) is 0.568. The number of nitrogens with zero attached hydrogens (tertiary/aromatic N) is 2. The Morgan fingerprint density at radius 2 is 1.84 bits per heavy atom. The molecule has 25 heavy (non-hydrogen) atoms. The number of rotatable bonds is 3. The van der Waals surface area contributed by atoms with E-state index >= 15 is 0 Å². The van der Waals surface area contributed by atoms with Gasteiger partial charge in [0.05, 0.1) is 23.8 Å². The molecule has 1 aliphatic heterocycles. The van der Waals surface area contributed by atoms with Crippen molar-refractivity contribution in [1.82, 2.24) is 14.9 Å². The fourth-order valence-electron chi connectivity index (χ4n) is 4.51. The quantitative estimate of drug-likeness (QED) is 0.889. The van der Waals surface area contributed by atoms with E-state index in [0.29, 0.717) is 36.2 Å². The van der Waals surface area contributed by atoms with Crippen LogP contribution in [0.4, 0.5) is 13.2 Å². The van der Waals surface area contributed by atoms with Crippen molar-refractivity contribution in [3.8, 4) is 0 Å². The van der Waals surface area contributed by atoms with Crippen molar-refractivity contribution in [2.45, 2.75) is 31.2 Å². The number of aromatic amines is 1. The Hall–Kier alpha value is -1.86. The number of H-pyrrole nitrogens is 1. The molecule has 0 spiro atoms. The first kappa shape index (κ1) is 16.6. The van der Waals surface area contributed by atoms with Gasteiger partial charge in [-0.25, -0.2) is 4.98 Å². The summed E-state index contributed by atoms with van der Waals surface area (Å²) in [7, 11) is 0. The van der Waals surface area contributed by atoms with Gasteiger partial charge < -0.3 is 10.1 Å². The van der Waals surface area contributed by atoms with Crippen molar-refractivity contribution in [3.63, 3.8) is 0 Å². The molecule has 4 nitrogen and oxygen atoms in total. The Balaban J connectivity index is 1.47. The predicted octanol–water partition coefficient (Wildman–Crippen LogP) is 3.55. The minimum absolute atomic E-state index is 0.0562. The van der Waals surface area contributed by atoms with Crippen LogP contribution in [0.15, 0.2) is 36.8 Å². The molecule has 1 saturated carbocycles. The van der Waals surface area contributed by atoms with Crippen LogP contribution in [0.2, 0.25) is 0 Å². The molecule has 2 aliphatic rings. The molecule has 1 aromatic carbocycles. The summed E-state index contributed by atoms with van der Waals surface area (Å²) in [5, 5.41) is 10.4. The van der Waals surface area contributed by atoms with E-state index in [2.05, 4.69) is 9.97 Å². The van der Waals surface area contributed by atoms with Gasteiger partial charge in [-0.3, -0.25) is 4.90 Å². The highest BCUT2D eigenvalue weighted by Crippen LogP contribution is 2.49. The molecule has 2 N–H and O–H groups in total. The van der Waals surface area contributed by atoms with Gasteiger partial charge in [0.15, 0.2) is 0 Å². The average molecular weight is 351 g/mol. The number of aliphatic hydroxyl groups excluding tert-OH is 1. The molecular formula is C18H20F3N3O. The zero-order valence-corrected chi connectivity index (χ0v) is 13.6. The normalized spacial score (nSPS) is 28.2. The summed E-state index contributed by atoms with van der Waals surface area (Å²) in [4.78, 5) is 8.81. The van der Waals surface area contributed by atoms with Gasteiger partial charge in [0.2, 0.25) is 0 Å². The summed E-state index contributed by atoms with van der Waals surface area (Å²) in [5.74, 6) is 0.590. The second kappa shape index (κ2) is 6.14. The minimum Gasteiger partial charge on any atom is -0.372 e. The molecule has 1 aliphatic carbocycles. The maximum atomic E-state index is 13.3. The number of fused-ring (bicyclic) bond motifs is 1. The lowest BCUT2D eigenvalue weighted by molar-refractivity contribution is -0.138. The van der Waals surface area contributed by atoms with Crippen molar-refractivity contribution in [2.24, 2.45) is 11.8 Å². The summed E-state index contributed by atoms with van der Waals surface area (Å²) in [6.07, 6.45) is -0.430. The van der Waals surface area contributed by atoms with Gasteiger partial charge in [-0.1, -0.05) is 18.2 Å². The fraction of sp³-hybridized carbons (Fsp3) is 0.500. The Bertz CT molecular complexity index is 717. The highest BCUT2D eigenvalue weighted by Gasteiger charge is 2.45. The van der Waals surface area contributed by atoms with Gasteiger partial charge in [-0.2, -0.15) is 13.2 Å². The van der Waals surface area contributed by atoms with E-state index in [0.717, 1.165) is 12.8 Å². The highest BCUT2D eigenvalue weighted by atomic mass is 19.4. The van der Waals surface area contributed by atoms with Crippen LogP contribution in [0.25, 0.3) is 0 Å². The molecule has 2 heterocycles. The van der Waals surface area contributed by atoms with E-state index in [4.69, 9.17) is 0 Å². The highest BCUT2D eigenvalue weighted by molar-refractivity contribution is 5.34. The van der Waals surface area contributed by atoms with Gasteiger partial charge in [0.1, 0.15) is 6.23 Å². The molecule has 2 fully saturated rings. The third-order valence-corrected chi connectivity index (χ3v) is 5.63. The lowest BCUT2D eigenvalue weighted by Gasteiger charge is -2.24. The average Bonchev–Trinajstić information content (AvgIpc) is 3.29. The van der Waals surface area contributed by atoms with Crippen molar-refractivity contribution in [3.05, 3.63) is 53.6 Å². The summed E-state index contributed by atoms with van der Waals surface area (Å²) < 4.78 is 39.8. The number of alkyl halides is 3. The summed E-state index contributed by atoms with van der Waals surface area (Å²) in [6, 6.07) is 5.93. The number of aromatic nitrogens is 2. The lowest BCUT2D eigenvalue weighted by Crippen LogP contribution is -2.28. The van der Waals surface area contributed by atoms with Crippen molar-refractivity contribution >= 4 is 0 Å². The maximum absolute atomic E-state index is 13.3. The standard InChI is InChI=1S/C18H20F3N3O/c19-18(20,21)15-4-2-1-3-14(15)11-5-12-8-24(9-13(12)6-11)17(25)16-7-22-10-23-16/h1-4,7,10-13,17,25H,5-6,8-9H2,(H,22,23)/t11?,12-,13+,17?. The molecule has 0 bridgehead atoms. The SMILES string of the molecule is OC(c1cnc[nH]1)N1C[C@H]2CC(c3ccccc3C(F)(F)F)C[C@H]2C1. The van der Waals surface area contributed by atoms with Gasteiger partial charge >= 0.3 is 6.18 Å². The predicted molar refractivity (Wildman–Crippen MR) is 85.5 cm³/mol. The van der Waals surface area contributed by atoms with E-state index in [-0.39, 0.29) is 5.92 Å². The van der Waals surface area contributed by atoms with Gasteiger partial charge in [0.25, 0.3) is 0 Å². The summed E-state index contributed by atoms with van der Waals surface area (Å²) >= 11 is 0. The van der Waals surface area contributed by atoms with E-state index in [1.54, 1.807) is 18.3 Å². The number of halogens is 3. The molecule has 2 unspecified atom stereocenters. The molecule has 4 atom stereocenters. The van der Waals surface area contributed by atoms with Gasteiger partial charge in [-0.05, 0) is 42.2 Å². The number of imidazole rings is 1. The van der Waals surface area contributed by atoms with E-state index in [9.17, 15) is 18.3 Å². The molecule has 1 aromatic heterocycles. The van der Waals surface area contributed by atoms with Crippen molar-refractivity contribution in [2.75, 3.05) is 13.1 Å². The number of likely N-dealkylation sites (tertiary alicyclic amines) is 1. The Morgan fingerprint density at radius 3 is 2.44 bits per heavy atom. The third kappa shape index (κ3) is 3.06. The molecular weight excluding hydrogens is 331 g/mol. The van der Waals surface area contributed by atoms with E-state index < -0.39 is 18.0 Å². The Labute approximate surface area is 143 Å². The first-order valence-corrected chi connectivity index (χ1v) is 8.50. The Morgan fingerprint density at radius 1 is 1.16 bits per heavy atom. The molecule has 0 amide bonds. The first-order valence-electron chi connectivity index (χ1n) is 8.50. The summed E-state index contributed by atoms with van der Waals surface area (Å²) in [6.45, 7) is 1.41. The van der Waals surface area contributed by atoms with Crippen LogP contribution in [0.5, 0.6) is 0 Å². The smallest absolute Gasteiger partial charge is 0.372 e. The Kier molecular flexibility index (Phi) is 4.08. The van der Waals surface area contributed by atoms with Crippen LogP contribution in [0.1, 0.15) is 41.8 Å². The van der Waals surface area contributed by atoms with E-state index in [1.807, 2.05) is 4.90 Å². The topological polar surface area (TPSA) is 52.2 Å². The molecule has 4 rings (SSSR count). The fourth-order valence-corrected chi connectivity index (χ4v) is 4.51. The zero-order valence-electron chi connectivity index (χ0n) is 13.6. The molecule has 7 heteroatoms. The lowest BCUT2D eigenvalue weighted by atomic mass is 9.91. The first-order chi connectivity index (χ1) is 11.9. The second-order valence-corrected chi connectivity index (χ2v) is 7.11. The van der Waals surface area contributed by atoms with E-state index in [1.165, 1.54) is 18.5 Å². The minimum atomic E-state index is -4.31. The number of aliphatic hydroxyl groups is 1. The molecule has 1 saturated heterocycles. The van der Waals surface area contributed by atoms with Crippen LogP contribution in [0, 0.1) is 11.8 Å².